The molecule has 0 aliphatic heterocycles. The van der Waals surface area contributed by atoms with Crippen molar-refractivity contribution in [1.82, 2.24) is 15.2 Å². The van der Waals surface area contributed by atoms with Crippen LogP contribution in [0.5, 0.6) is 5.75 Å². The number of rotatable bonds is 8. The number of methoxy groups -OCH3 is 1. The van der Waals surface area contributed by atoms with Crippen LogP contribution in [0.25, 0.3) is 11.4 Å². The number of thioether (sulfide) groups is 1. The Kier molecular flexibility index (Phi) is 6.64. The van der Waals surface area contributed by atoms with Gasteiger partial charge in [-0.05, 0) is 47.9 Å². The Morgan fingerprint density at radius 3 is 2.52 bits per heavy atom. The lowest BCUT2D eigenvalue weighted by molar-refractivity contribution is -0.113. The molecule has 0 saturated carbocycles. The number of amides is 1. The molecule has 7 heteroatoms. The van der Waals surface area contributed by atoms with E-state index in [9.17, 15) is 4.79 Å². The number of hydrogen-bond acceptors (Lipinski definition) is 5. The van der Waals surface area contributed by atoms with Crippen LogP contribution in [0.1, 0.15) is 11.1 Å². The fourth-order valence-electron chi connectivity index (χ4n) is 3.12. The summed E-state index contributed by atoms with van der Waals surface area (Å²) in [6, 6.07) is 25.6. The third-order valence-corrected chi connectivity index (χ3v) is 5.54. The van der Waals surface area contributed by atoms with Crippen LogP contribution >= 0.6 is 11.8 Å². The van der Waals surface area contributed by atoms with Gasteiger partial charge in [0.05, 0.1) is 12.9 Å². The van der Waals surface area contributed by atoms with Crippen molar-refractivity contribution in [3.05, 3.63) is 90.0 Å². The van der Waals surface area contributed by atoms with Gasteiger partial charge in [0.25, 0.3) is 0 Å². The first-order chi connectivity index (χ1) is 15.2. The summed E-state index contributed by atoms with van der Waals surface area (Å²) in [5, 5.41) is 10.7. The number of anilines is 1. The van der Waals surface area contributed by atoms with Crippen molar-refractivity contribution < 1.29 is 9.53 Å². The van der Waals surface area contributed by atoms with Gasteiger partial charge in [-0.1, -0.05) is 60.3 Å². The van der Waals surface area contributed by atoms with Crippen molar-refractivity contribution >= 4 is 23.4 Å². The van der Waals surface area contributed by atoms with Gasteiger partial charge in [-0.3, -0.25) is 9.89 Å². The summed E-state index contributed by atoms with van der Waals surface area (Å²) in [7, 11) is 1.63. The van der Waals surface area contributed by atoms with Crippen LogP contribution in [-0.4, -0.2) is 34.0 Å². The number of H-pyrrole nitrogens is 1. The lowest BCUT2D eigenvalue weighted by Gasteiger charge is -2.11. The van der Waals surface area contributed by atoms with E-state index in [4.69, 9.17) is 4.74 Å². The number of carbonyl (C=O) groups excluding carboxylic acids is 1. The average molecular weight is 431 g/mol. The van der Waals surface area contributed by atoms with E-state index in [1.807, 2.05) is 66.7 Å². The molecule has 1 amide bonds. The monoisotopic (exact) mass is 430 g/mol. The Balaban J connectivity index is 1.35. The van der Waals surface area contributed by atoms with Gasteiger partial charge < -0.3 is 10.1 Å². The number of carbonyl (C=O) groups is 1. The second kappa shape index (κ2) is 9.95. The van der Waals surface area contributed by atoms with E-state index in [1.54, 1.807) is 7.11 Å². The molecule has 0 fully saturated rings. The van der Waals surface area contributed by atoms with E-state index < -0.39 is 0 Å². The first kappa shape index (κ1) is 20.7. The molecular formula is C24H22N4O2S. The first-order valence-corrected chi connectivity index (χ1v) is 10.8. The summed E-state index contributed by atoms with van der Waals surface area (Å²) in [6.45, 7) is 0. The Morgan fingerprint density at radius 2 is 1.74 bits per heavy atom. The maximum absolute atomic E-state index is 12.5. The van der Waals surface area contributed by atoms with Crippen molar-refractivity contribution in [2.24, 2.45) is 0 Å². The molecule has 0 aliphatic rings. The highest BCUT2D eigenvalue weighted by Gasteiger charge is 2.11. The number of nitrogens with one attached hydrogen (secondary N) is 2. The van der Waals surface area contributed by atoms with E-state index in [-0.39, 0.29) is 11.7 Å². The number of hydrogen-bond donors (Lipinski definition) is 2. The summed E-state index contributed by atoms with van der Waals surface area (Å²) in [5.74, 6) is 1.56. The highest BCUT2D eigenvalue weighted by Crippen LogP contribution is 2.23. The maximum Gasteiger partial charge on any atom is 0.234 e. The highest BCUT2D eigenvalue weighted by atomic mass is 32.2. The molecule has 0 atom stereocenters. The molecule has 3 aromatic carbocycles. The summed E-state index contributed by atoms with van der Waals surface area (Å²) in [5.41, 5.74) is 4.00. The quantitative estimate of drug-likeness (QED) is 0.393. The Morgan fingerprint density at radius 1 is 1.00 bits per heavy atom. The molecule has 0 bridgehead atoms. The molecular weight excluding hydrogens is 408 g/mol. The first-order valence-electron chi connectivity index (χ1n) is 9.82. The SMILES string of the molecule is COc1ccc(-c2nc(SCC(=O)Nc3ccccc3Cc3ccccc3)n[nH]2)cc1. The van der Waals surface area contributed by atoms with Crippen molar-refractivity contribution in [2.45, 2.75) is 11.6 Å². The van der Waals surface area contributed by atoms with Gasteiger partial charge in [-0.25, -0.2) is 4.98 Å². The Hall–Kier alpha value is -3.58. The minimum absolute atomic E-state index is 0.0960. The number of aromatic amines is 1. The standard InChI is InChI=1S/C24H22N4O2S/c1-30-20-13-11-18(12-14-20)23-26-24(28-27-23)31-16-22(29)25-21-10-6-5-9-19(21)15-17-7-3-2-4-8-17/h2-14H,15-16H2,1H3,(H,25,29)(H,26,27,28). The van der Waals surface area contributed by atoms with Crippen molar-refractivity contribution in [3.63, 3.8) is 0 Å². The largest absolute Gasteiger partial charge is 0.497 e. The molecule has 156 valence electrons. The predicted octanol–water partition coefficient (Wildman–Crippen LogP) is 4.80. The summed E-state index contributed by atoms with van der Waals surface area (Å²) >= 11 is 1.29. The zero-order chi connectivity index (χ0) is 21.5. The molecule has 0 aliphatic carbocycles. The van der Waals surface area contributed by atoms with Gasteiger partial charge >= 0.3 is 0 Å². The number of aromatic nitrogens is 3. The van der Waals surface area contributed by atoms with Gasteiger partial charge in [0.1, 0.15) is 5.75 Å². The molecule has 31 heavy (non-hydrogen) atoms. The lowest BCUT2D eigenvalue weighted by atomic mass is 10.0. The zero-order valence-electron chi connectivity index (χ0n) is 17.0. The summed E-state index contributed by atoms with van der Waals surface area (Å²) in [4.78, 5) is 17.0. The Labute approximate surface area is 185 Å². The second-order valence-electron chi connectivity index (χ2n) is 6.85. The van der Waals surface area contributed by atoms with Crippen LogP contribution < -0.4 is 10.1 Å². The third kappa shape index (κ3) is 5.52. The molecule has 1 aromatic heterocycles. The van der Waals surface area contributed by atoms with Crippen LogP contribution in [0.4, 0.5) is 5.69 Å². The van der Waals surface area contributed by atoms with E-state index in [1.165, 1.54) is 17.3 Å². The van der Waals surface area contributed by atoms with E-state index in [0.717, 1.165) is 29.0 Å². The van der Waals surface area contributed by atoms with Crippen LogP contribution in [0.15, 0.2) is 84.0 Å². The van der Waals surface area contributed by atoms with Crippen molar-refractivity contribution in [1.29, 1.82) is 0 Å². The van der Waals surface area contributed by atoms with Gasteiger partial charge in [0.2, 0.25) is 11.1 Å². The van der Waals surface area contributed by atoms with Gasteiger partial charge in [-0.15, -0.1) is 5.10 Å². The molecule has 0 spiro atoms. The van der Waals surface area contributed by atoms with E-state index in [2.05, 4.69) is 32.6 Å². The smallest absolute Gasteiger partial charge is 0.234 e. The number of benzene rings is 3. The summed E-state index contributed by atoms with van der Waals surface area (Å²) < 4.78 is 5.17. The average Bonchev–Trinajstić information content (AvgIpc) is 3.29. The molecule has 0 unspecified atom stereocenters. The molecule has 1 heterocycles. The van der Waals surface area contributed by atoms with Gasteiger partial charge in [0, 0.05) is 11.3 Å². The van der Waals surface area contributed by atoms with E-state index in [0.29, 0.717) is 11.0 Å². The van der Waals surface area contributed by atoms with Gasteiger partial charge in [0.15, 0.2) is 5.82 Å². The fourth-order valence-corrected chi connectivity index (χ4v) is 3.72. The molecule has 2 N–H and O–H groups in total. The third-order valence-electron chi connectivity index (χ3n) is 4.69. The normalized spacial score (nSPS) is 10.6. The number of nitrogens with zero attached hydrogens (tertiary/aromatic N) is 2. The van der Waals surface area contributed by atoms with Crippen LogP contribution in [0, 0.1) is 0 Å². The second-order valence-corrected chi connectivity index (χ2v) is 7.79. The lowest BCUT2D eigenvalue weighted by Crippen LogP contribution is -2.15. The van der Waals surface area contributed by atoms with Crippen molar-refractivity contribution in [2.75, 3.05) is 18.2 Å². The molecule has 0 radical (unpaired) electrons. The maximum atomic E-state index is 12.5. The number of para-hydroxylation sites is 1. The van der Waals surface area contributed by atoms with Crippen LogP contribution in [0.3, 0.4) is 0 Å². The van der Waals surface area contributed by atoms with Gasteiger partial charge in [-0.2, -0.15) is 0 Å². The molecule has 0 saturated heterocycles. The molecule has 4 aromatic rings. The molecule has 4 rings (SSSR count). The topological polar surface area (TPSA) is 79.9 Å². The number of ether oxygens (including phenoxy) is 1. The minimum atomic E-state index is -0.0960. The summed E-state index contributed by atoms with van der Waals surface area (Å²) in [6.07, 6.45) is 0.760. The van der Waals surface area contributed by atoms with Crippen LogP contribution in [-0.2, 0) is 11.2 Å². The van der Waals surface area contributed by atoms with Crippen LogP contribution in [0.2, 0.25) is 0 Å². The van der Waals surface area contributed by atoms with E-state index >= 15 is 0 Å². The van der Waals surface area contributed by atoms with Crippen molar-refractivity contribution in [3.8, 4) is 17.1 Å². The predicted molar refractivity (Wildman–Crippen MR) is 123 cm³/mol. The zero-order valence-corrected chi connectivity index (χ0v) is 17.9. The minimum Gasteiger partial charge on any atom is -0.497 e. The molecule has 6 nitrogen and oxygen atoms in total. The highest BCUT2D eigenvalue weighted by molar-refractivity contribution is 7.99. The Bertz CT molecular complexity index is 1140. The fraction of sp³-hybridized carbons (Fsp3) is 0.125.